The minimum absolute atomic E-state index is 0.0519. The van der Waals surface area contributed by atoms with Crippen molar-refractivity contribution in [1.29, 1.82) is 0 Å². The zero-order valence-corrected chi connectivity index (χ0v) is 19.2. The van der Waals surface area contributed by atoms with Crippen LogP contribution in [0.2, 0.25) is 5.02 Å². The lowest BCUT2D eigenvalue weighted by Crippen LogP contribution is -2.28. The van der Waals surface area contributed by atoms with Crippen molar-refractivity contribution < 1.29 is 10.2 Å². The molecule has 0 aliphatic carbocycles. The van der Waals surface area contributed by atoms with Gasteiger partial charge in [-0.2, -0.15) is 10.1 Å². The number of halogens is 1. The maximum atomic E-state index is 10.2. The van der Waals surface area contributed by atoms with Crippen molar-refractivity contribution in [1.82, 2.24) is 19.7 Å². The summed E-state index contributed by atoms with van der Waals surface area (Å²) in [5.41, 5.74) is 8.85. The van der Waals surface area contributed by atoms with E-state index in [1.54, 1.807) is 6.07 Å². The molecule has 0 spiro atoms. The van der Waals surface area contributed by atoms with Gasteiger partial charge in [-0.05, 0) is 32.8 Å². The molecule has 0 aromatic heterocycles. The Morgan fingerprint density at radius 2 is 1.77 bits per heavy atom. The summed E-state index contributed by atoms with van der Waals surface area (Å²) in [6.45, 7) is 11.0. The number of phenols is 2. The van der Waals surface area contributed by atoms with Crippen molar-refractivity contribution in [3.05, 3.63) is 28.4 Å². The lowest BCUT2D eigenvalue weighted by atomic mass is 10.1. The number of anilines is 2. The largest absolute Gasteiger partial charge is 0.504 e. The monoisotopic (exact) mass is 447 g/mol. The highest BCUT2D eigenvalue weighted by Crippen LogP contribution is 2.39. The van der Waals surface area contributed by atoms with Crippen LogP contribution in [0.25, 0.3) is 11.4 Å². The Bertz CT molecular complexity index is 1030. The fraction of sp³-hybridized carbons (Fsp3) is 0.476. The Balaban J connectivity index is 2.07. The highest BCUT2D eigenvalue weighted by Gasteiger charge is 2.28. The maximum absolute atomic E-state index is 10.2. The maximum Gasteiger partial charge on any atom is 0.205 e. The van der Waals surface area contributed by atoms with Gasteiger partial charge >= 0.3 is 0 Å². The molecule has 31 heavy (non-hydrogen) atoms. The van der Waals surface area contributed by atoms with E-state index in [1.807, 2.05) is 6.92 Å². The predicted octanol–water partition coefficient (Wildman–Crippen LogP) is 3.92. The van der Waals surface area contributed by atoms with E-state index >= 15 is 0 Å². The van der Waals surface area contributed by atoms with Crippen LogP contribution >= 0.6 is 11.6 Å². The first-order valence-electron chi connectivity index (χ1n) is 10.3. The molecular weight excluding hydrogens is 418 g/mol. The number of hydrogen-bond donors (Lipinski definition) is 5. The van der Waals surface area contributed by atoms with E-state index in [0.29, 0.717) is 29.6 Å². The first-order chi connectivity index (χ1) is 14.6. The van der Waals surface area contributed by atoms with Crippen LogP contribution in [0.15, 0.2) is 12.1 Å². The molecule has 2 aliphatic rings. The van der Waals surface area contributed by atoms with E-state index in [-0.39, 0.29) is 41.1 Å². The van der Waals surface area contributed by atoms with Crippen LogP contribution < -0.4 is 16.4 Å². The van der Waals surface area contributed by atoms with Crippen LogP contribution in [-0.4, -0.2) is 42.5 Å². The molecule has 10 heteroatoms. The summed E-state index contributed by atoms with van der Waals surface area (Å²) in [5, 5.41) is 35.6. The van der Waals surface area contributed by atoms with Gasteiger partial charge in [-0.15, -0.1) is 5.10 Å². The summed E-state index contributed by atoms with van der Waals surface area (Å²) in [5.74, 6) is 0.730. The first kappa shape index (κ1) is 22.9. The molecule has 0 amide bonds. The summed E-state index contributed by atoms with van der Waals surface area (Å²) in [4.78, 5) is 4.76. The van der Waals surface area contributed by atoms with Crippen LogP contribution in [0.4, 0.5) is 11.8 Å². The molecular formula is C21H30ClN7O2. The van der Waals surface area contributed by atoms with Crippen molar-refractivity contribution in [2.24, 2.45) is 5.73 Å². The second-order valence-corrected chi connectivity index (χ2v) is 8.71. The summed E-state index contributed by atoms with van der Waals surface area (Å²) < 4.78 is 2.09. The molecule has 2 heterocycles. The van der Waals surface area contributed by atoms with Gasteiger partial charge in [0.2, 0.25) is 5.95 Å². The van der Waals surface area contributed by atoms with Crippen molar-refractivity contribution in [3.8, 4) is 22.9 Å². The van der Waals surface area contributed by atoms with Crippen LogP contribution in [0.1, 0.15) is 57.8 Å². The molecule has 2 aliphatic heterocycles. The molecule has 168 valence electrons. The lowest BCUT2D eigenvalue weighted by Gasteiger charge is -2.25. The third kappa shape index (κ3) is 4.62. The third-order valence-corrected chi connectivity index (χ3v) is 5.22. The average Bonchev–Trinajstić information content (AvgIpc) is 3.14. The fourth-order valence-electron chi connectivity index (χ4n) is 3.35. The Kier molecular flexibility index (Phi) is 6.76. The molecule has 0 saturated heterocycles. The molecule has 0 fully saturated rings. The molecule has 9 nitrogen and oxygen atoms in total. The zero-order valence-electron chi connectivity index (χ0n) is 18.4. The van der Waals surface area contributed by atoms with Crippen LogP contribution in [0.3, 0.4) is 0 Å². The smallest absolute Gasteiger partial charge is 0.205 e. The number of fused-ring (bicyclic) bond motifs is 1. The van der Waals surface area contributed by atoms with Crippen molar-refractivity contribution >= 4 is 23.4 Å². The fourth-order valence-corrected chi connectivity index (χ4v) is 3.50. The number of nitrogens with zero attached hydrogens (tertiary/aromatic N) is 4. The van der Waals surface area contributed by atoms with Gasteiger partial charge < -0.3 is 31.1 Å². The molecule has 0 radical (unpaired) electrons. The van der Waals surface area contributed by atoms with Crippen LogP contribution in [0.5, 0.6) is 11.5 Å². The van der Waals surface area contributed by atoms with Gasteiger partial charge in [-0.1, -0.05) is 31.5 Å². The second-order valence-electron chi connectivity index (χ2n) is 8.30. The van der Waals surface area contributed by atoms with Gasteiger partial charge in [0, 0.05) is 30.7 Å². The van der Waals surface area contributed by atoms with Crippen molar-refractivity contribution in [3.63, 3.8) is 0 Å². The third-order valence-electron chi connectivity index (χ3n) is 4.91. The van der Waals surface area contributed by atoms with Gasteiger partial charge in [0.05, 0.1) is 16.4 Å². The number of benzene rings is 1. The standard InChI is InChI=1S/C21H30ClN7O2/c1-10(2)15-17-16(28-27-15)20(24-9-13-6-7-14(22)19(31)18(13)30)26-21(25-8-12(5)23)29(17)11(3)4/h6-7,10-12,24,30-31H,8-9,23H2,1-5H3,(H,25,26). The Labute approximate surface area is 187 Å². The predicted molar refractivity (Wildman–Crippen MR) is 123 cm³/mol. The number of nitrogens with one attached hydrogen (secondary N) is 2. The van der Waals surface area contributed by atoms with Gasteiger partial charge in [-0.25, -0.2) is 0 Å². The molecule has 3 rings (SSSR count). The number of nitrogens with two attached hydrogens (primary N) is 1. The summed E-state index contributed by atoms with van der Waals surface area (Å²) >= 11 is 5.86. The van der Waals surface area contributed by atoms with E-state index in [4.69, 9.17) is 22.3 Å². The van der Waals surface area contributed by atoms with Gasteiger partial charge in [0.1, 0.15) is 0 Å². The van der Waals surface area contributed by atoms with Crippen molar-refractivity contribution in [2.75, 3.05) is 17.2 Å². The molecule has 1 aromatic carbocycles. The summed E-state index contributed by atoms with van der Waals surface area (Å²) in [6.07, 6.45) is 0. The average molecular weight is 448 g/mol. The van der Waals surface area contributed by atoms with Gasteiger partial charge in [-0.3, -0.25) is 0 Å². The van der Waals surface area contributed by atoms with Crippen molar-refractivity contribution in [2.45, 2.75) is 59.2 Å². The lowest BCUT2D eigenvalue weighted by molar-refractivity contribution is 0.400. The zero-order chi connectivity index (χ0) is 22.9. The highest BCUT2D eigenvalue weighted by atomic mass is 35.5. The minimum Gasteiger partial charge on any atom is -0.504 e. The topological polar surface area (TPSA) is 134 Å². The van der Waals surface area contributed by atoms with Gasteiger partial charge in [0.25, 0.3) is 0 Å². The normalized spacial score (nSPS) is 12.7. The van der Waals surface area contributed by atoms with E-state index < -0.39 is 0 Å². The number of aromatic hydroxyl groups is 2. The molecule has 1 atom stereocenters. The minimum atomic E-state index is -0.348. The Morgan fingerprint density at radius 3 is 2.39 bits per heavy atom. The quantitative estimate of drug-likeness (QED) is 0.328. The molecule has 1 aromatic rings. The van der Waals surface area contributed by atoms with E-state index in [1.165, 1.54) is 6.07 Å². The number of aromatic nitrogens is 4. The van der Waals surface area contributed by atoms with Crippen LogP contribution in [-0.2, 0) is 6.54 Å². The van der Waals surface area contributed by atoms with E-state index in [0.717, 1.165) is 11.4 Å². The Hall–Kier alpha value is -2.78. The molecule has 1 unspecified atom stereocenters. The van der Waals surface area contributed by atoms with Gasteiger partial charge in [0.15, 0.2) is 23.0 Å². The number of phenolic OH excluding ortho intramolecular Hbond substituents is 2. The number of hydrogen-bond acceptors (Lipinski definition) is 8. The summed E-state index contributed by atoms with van der Waals surface area (Å²) in [7, 11) is 0. The first-order valence-corrected chi connectivity index (χ1v) is 10.7. The SMILES string of the molecule is CC(N)CNc1nc(NCc2ccc(Cl)c(O)c2O)c2nnc(C(C)C)c-2n1C(C)C. The molecule has 0 saturated carbocycles. The Morgan fingerprint density at radius 1 is 1.06 bits per heavy atom. The van der Waals surface area contributed by atoms with E-state index in [9.17, 15) is 10.2 Å². The van der Waals surface area contributed by atoms with E-state index in [2.05, 4.69) is 53.1 Å². The highest BCUT2D eigenvalue weighted by molar-refractivity contribution is 6.32. The molecule has 0 bridgehead atoms. The second kappa shape index (κ2) is 9.15. The summed E-state index contributed by atoms with van der Waals surface area (Å²) in [6, 6.07) is 3.23. The number of rotatable bonds is 8. The van der Waals surface area contributed by atoms with Crippen LogP contribution in [0, 0.1) is 0 Å². The molecule has 6 N–H and O–H groups in total.